The van der Waals surface area contributed by atoms with E-state index in [1.165, 1.54) is 6.92 Å². The van der Waals surface area contributed by atoms with Gasteiger partial charge in [-0.2, -0.15) is 0 Å². The van der Waals surface area contributed by atoms with Crippen molar-refractivity contribution in [1.29, 1.82) is 0 Å². The number of rotatable bonds is 2. The fourth-order valence-electron chi connectivity index (χ4n) is 1.35. The van der Waals surface area contributed by atoms with Gasteiger partial charge < -0.3 is 5.11 Å². The summed E-state index contributed by atoms with van der Waals surface area (Å²) in [5.41, 5.74) is 0. The molecule has 11 heavy (non-hydrogen) atoms. The predicted octanol–water partition coefficient (Wildman–Crippen LogP) is 0.816. The van der Waals surface area contributed by atoms with Gasteiger partial charge in [0, 0.05) is 12.5 Å². The van der Waals surface area contributed by atoms with Crippen molar-refractivity contribution in [2.75, 3.05) is 6.54 Å². The van der Waals surface area contributed by atoms with Crippen LogP contribution in [0.1, 0.15) is 13.3 Å². The molecule has 1 rings (SSSR count). The SMILES string of the molecule is CC(C(F)F)C1CNC(O)C1. The molecule has 1 fully saturated rings. The van der Waals surface area contributed by atoms with Crippen LogP contribution in [0.2, 0.25) is 0 Å². The molecular weight excluding hydrogens is 152 g/mol. The van der Waals surface area contributed by atoms with Crippen LogP contribution in [0.5, 0.6) is 0 Å². The first-order chi connectivity index (χ1) is 5.11. The third kappa shape index (κ3) is 2.10. The van der Waals surface area contributed by atoms with E-state index in [4.69, 9.17) is 5.11 Å². The summed E-state index contributed by atoms with van der Waals surface area (Å²) in [5.74, 6) is -0.690. The molecule has 2 N–H and O–H groups in total. The summed E-state index contributed by atoms with van der Waals surface area (Å²) in [6.45, 7) is 2.03. The lowest BCUT2D eigenvalue weighted by Crippen LogP contribution is -2.22. The van der Waals surface area contributed by atoms with E-state index in [1.54, 1.807) is 0 Å². The van der Waals surface area contributed by atoms with Crippen LogP contribution >= 0.6 is 0 Å². The number of hydrogen-bond acceptors (Lipinski definition) is 2. The van der Waals surface area contributed by atoms with Gasteiger partial charge in [0.05, 0.1) is 0 Å². The standard InChI is InChI=1S/C7H13F2NO/c1-4(7(8)9)5-2-6(11)10-3-5/h4-7,10-11H,2-3H2,1H3. The average molecular weight is 165 g/mol. The van der Waals surface area contributed by atoms with Crippen molar-refractivity contribution in [3.63, 3.8) is 0 Å². The Labute approximate surface area is 64.6 Å². The lowest BCUT2D eigenvalue weighted by molar-refractivity contribution is 0.0533. The molecule has 1 heterocycles. The molecule has 0 bridgehead atoms. The van der Waals surface area contributed by atoms with E-state index in [0.717, 1.165) is 0 Å². The molecule has 2 nitrogen and oxygen atoms in total. The Bertz CT molecular complexity index is 132. The number of aliphatic hydroxyl groups excluding tert-OH is 1. The first kappa shape index (κ1) is 8.87. The zero-order valence-electron chi connectivity index (χ0n) is 6.43. The van der Waals surface area contributed by atoms with Gasteiger partial charge >= 0.3 is 0 Å². The van der Waals surface area contributed by atoms with Gasteiger partial charge in [0.15, 0.2) is 0 Å². The smallest absolute Gasteiger partial charge is 0.241 e. The Morgan fingerprint density at radius 3 is 2.55 bits per heavy atom. The molecule has 0 aliphatic carbocycles. The lowest BCUT2D eigenvalue weighted by Gasteiger charge is -2.16. The Kier molecular flexibility index (Phi) is 2.78. The Morgan fingerprint density at radius 2 is 2.18 bits per heavy atom. The summed E-state index contributed by atoms with van der Waals surface area (Å²) in [4.78, 5) is 0. The summed E-state index contributed by atoms with van der Waals surface area (Å²) in [6.07, 6.45) is -2.40. The third-order valence-electron chi connectivity index (χ3n) is 2.28. The van der Waals surface area contributed by atoms with Crippen LogP contribution < -0.4 is 5.32 Å². The topological polar surface area (TPSA) is 32.3 Å². The van der Waals surface area contributed by atoms with Crippen molar-refractivity contribution in [3.8, 4) is 0 Å². The van der Waals surface area contributed by atoms with Crippen LogP contribution in [-0.4, -0.2) is 24.3 Å². The molecule has 1 aliphatic heterocycles. The van der Waals surface area contributed by atoms with Crippen LogP contribution in [0.25, 0.3) is 0 Å². The van der Waals surface area contributed by atoms with Crippen molar-refractivity contribution in [2.45, 2.75) is 26.0 Å². The summed E-state index contributed by atoms with van der Waals surface area (Å²) in [5, 5.41) is 11.7. The highest BCUT2D eigenvalue weighted by atomic mass is 19.3. The van der Waals surface area contributed by atoms with Gasteiger partial charge in [0.25, 0.3) is 0 Å². The maximum Gasteiger partial charge on any atom is 0.241 e. The molecular formula is C7H13F2NO. The largest absolute Gasteiger partial charge is 0.379 e. The number of nitrogens with one attached hydrogen (secondary N) is 1. The van der Waals surface area contributed by atoms with Crippen molar-refractivity contribution in [3.05, 3.63) is 0 Å². The molecule has 1 saturated heterocycles. The fourth-order valence-corrected chi connectivity index (χ4v) is 1.35. The van der Waals surface area contributed by atoms with E-state index in [0.29, 0.717) is 13.0 Å². The van der Waals surface area contributed by atoms with Gasteiger partial charge in [-0.15, -0.1) is 0 Å². The minimum absolute atomic E-state index is 0.0787. The minimum Gasteiger partial charge on any atom is -0.379 e. The summed E-state index contributed by atoms with van der Waals surface area (Å²) in [7, 11) is 0. The van der Waals surface area contributed by atoms with Crippen molar-refractivity contribution in [2.24, 2.45) is 11.8 Å². The van der Waals surface area contributed by atoms with E-state index >= 15 is 0 Å². The zero-order valence-corrected chi connectivity index (χ0v) is 6.43. The maximum absolute atomic E-state index is 12.1. The van der Waals surface area contributed by atoms with Gasteiger partial charge in [-0.25, -0.2) is 8.78 Å². The second-order valence-corrected chi connectivity index (χ2v) is 3.11. The monoisotopic (exact) mass is 165 g/mol. The zero-order chi connectivity index (χ0) is 8.43. The molecule has 0 radical (unpaired) electrons. The van der Waals surface area contributed by atoms with Crippen molar-refractivity contribution >= 4 is 0 Å². The molecule has 0 aromatic rings. The number of aliphatic hydroxyl groups is 1. The predicted molar refractivity (Wildman–Crippen MR) is 37.3 cm³/mol. The maximum atomic E-state index is 12.1. The second kappa shape index (κ2) is 3.45. The summed E-state index contributed by atoms with van der Waals surface area (Å²) >= 11 is 0. The average Bonchev–Trinajstić information content (AvgIpc) is 2.34. The molecule has 0 aromatic heterocycles. The number of hydrogen-bond donors (Lipinski definition) is 2. The normalized spacial score (nSPS) is 34.6. The van der Waals surface area contributed by atoms with Crippen LogP contribution in [0, 0.1) is 11.8 Å². The molecule has 0 spiro atoms. The van der Waals surface area contributed by atoms with Gasteiger partial charge in [-0.1, -0.05) is 6.92 Å². The highest BCUT2D eigenvalue weighted by molar-refractivity contribution is 4.79. The highest BCUT2D eigenvalue weighted by Crippen LogP contribution is 2.25. The lowest BCUT2D eigenvalue weighted by atomic mass is 9.93. The number of halogens is 2. The van der Waals surface area contributed by atoms with Crippen LogP contribution in [0.3, 0.4) is 0 Å². The Morgan fingerprint density at radius 1 is 1.55 bits per heavy atom. The molecule has 3 atom stereocenters. The first-order valence-electron chi connectivity index (χ1n) is 3.81. The van der Waals surface area contributed by atoms with E-state index in [-0.39, 0.29) is 5.92 Å². The molecule has 0 saturated carbocycles. The van der Waals surface area contributed by atoms with Crippen LogP contribution in [0.15, 0.2) is 0 Å². The number of alkyl halides is 2. The van der Waals surface area contributed by atoms with Gasteiger partial charge in [-0.3, -0.25) is 5.32 Å². The summed E-state index contributed by atoms with van der Waals surface area (Å²) in [6, 6.07) is 0. The van der Waals surface area contributed by atoms with Crippen molar-refractivity contribution < 1.29 is 13.9 Å². The third-order valence-corrected chi connectivity index (χ3v) is 2.28. The highest BCUT2D eigenvalue weighted by Gasteiger charge is 2.31. The van der Waals surface area contributed by atoms with E-state index < -0.39 is 18.6 Å². The van der Waals surface area contributed by atoms with E-state index in [1.807, 2.05) is 0 Å². The second-order valence-electron chi connectivity index (χ2n) is 3.11. The Balaban J connectivity index is 2.36. The molecule has 66 valence electrons. The minimum atomic E-state index is -2.27. The van der Waals surface area contributed by atoms with Gasteiger partial charge in [-0.05, 0) is 12.3 Å². The molecule has 0 aromatic carbocycles. The quantitative estimate of drug-likeness (QED) is 0.634. The van der Waals surface area contributed by atoms with Gasteiger partial charge in [0.1, 0.15) is 6.23 Å². The molecule has 3 unspecified atom stereocenters. The fraction of sp³-hybridized carbons (Fsp3) is 1.00. The molecule has 4 heteroatoms. The summed E-state index contributed by atoms with van der Waals surface area (Å²) < 4.78 is 24.2. The van der Waals surface area contributed by atoms with Crippen LogP contribution in [-0.2, 0) is 0 Å². The van der Waals surface area contributed by atoms with Crippen molar-refractivity contribution in [1.82, 2.24) is 5.32 Å². The molecule has 0 amide bonds. The molecule has 1 aliphatic rings. The van der Waals surface area contributed by atoms with E-state index in [2.05, 4.69) is 5.32 Å². The van der Waals surface area contributed by atoms with Gasteiger partial charge in [0.2, 0.25) is 6.43 Å². The Hall–Kier alpha value is -0.220. The van der Waals surface area contributed by atoms with Crippen LogP contribution in [0.4, 0.5) is 8.78 Å². The van der Waals surface area contributed by atoms with E-state index in [9.17, 15) is 8.78 Å². The first-order valence-corrected chi connectivity index (χ1v) is 3.81.